The van der Waals surface area contributed by atoms with Gasteiger partial charge in [-0.05, 0) is 42.9 Å². The Morgan fingerprint density at radius 2 is 1.86 bits per heavy atom. The molecule has 0 N–H and O–H groups in total. The summed E-state index contributed by atoms with van der Waals surface area (Å²) < 4.78 is 1.97. The van der Waals surface area contributed by atoms with Gasteiger partial charge in [-0.3, -0.25) is 9.78 Å². The molecule has 6 heteroatoms. The van der Waals surface area contributed by atoms with Crippen LogP contribution >= 0.6 is 0 Å². The van der Waals surface area contributed by atoms with Crippen molar-refractivity contribution in [2.75, 3.05) is 13.1 Å². The summed E-state index contributed by atoms with van der Waals surface area (Å²) in [5, 5.41) is 4.69. The number of fused-ring (bicyclic) bond motifs is 2. The molecular weight excluding hydrogens is 362 g/mol. The summed E-state index contributed by atoms with van der Waals surface area (Å²) in [4.78, 5) is 24.3. The van der Waals surface area contributed by atoms with Crippen molar-refractivity contribution in [2.45, 2.75) is 45.1 Å². The molecule has 1 aromatic carbocycles. The van der Waals surface area contributed by atoms with E-state index in [1.54, 1.807) is 6.20 Å². The molecule has 2 aliphatic rings. The maximum atomic E-state index is 13.1. The van der Waals surface area contributed by atoms with E-state index in [2.05, 4.69) is 28.3 Å². The fourth-order valence-electron chi connectivity index (χ4n) is 4.30. The Bertz CT molecular complexity index is 1000. The minimum atomic E-state index is 0.0705. The Morgan fingerprint density at radius 3 is 2.76 bits per heavy atom. The first-order chi connectivity index (χ1) is 14.3. The Morgan fingerprint density at radius 1 is 1.00 bits per heavy atom. The number of carbonyl (C=O) groups excluding carboxylic acids is 1. The molecule has 3 heterocycles. The van der Waals surface area contributed by atoms with Crippen molar-refractivity contribution in [3.05, 3.63) is 76.6 Å². The minimum absolute atomic E-state index is 0.0705. The average molecular weight is 387 g/mol. The summed E-state index contributed by atoms with van der Waals surface area (Å²) in [5.41, 5.74) is 4.34. The van der Waals surface area contributed by atoms with Crippen molar-refractivity contribution >= 4 is 5.91 Å². The summed E-state index contributed by atoms with van der Waals surface area (Å²) in [7, 11) is 0. The topological polar surface area (TPSA) is 63.9 Å². The van der Waals surface area contributed by atoms with E-state index in [4.69, 9.17) is 4.98 Å². The highest BCUT2D eigenvalue weighted by Crippen LogP contribution is 2.21. The molecule has 0 saturated heterocycles. The highest BCUT2D eigenvalue weighted by Gasteiger charge is 2.23. The van der Waals surface area contributed by atoms with Crippen molar-refractivity contribution < 1.29 is 4.79 Å². The molecule has 6 nitrogen and oxygen atoms in total. The van der Waals surface area contributed by atoms with Crippen molar-refractivity contribution in [2.24, 2.45) is 0 Å². The quantitative estimate of drug-likeness (QED) is 0.693. The Hall–Kier alpha value is -3.02. The van der Waals surface area contributed by atoms with Crippen LogP contribution < -0.4 is 0 Å². The number of carbonyl (C=O) groups is 1. The molecule has 0 atom stereocenters. The molecule has 1 aliphatic heterocycles. The predicted molar refractivity (Wildman–Crippen MR) is 110 cm³/mol. The van der Waals surface area contributed by atoms with Crippen molar-refractivity contribution in [3.63, 3.8) is 0 Å². The van der Waals surface area contributed by atoms with E-state index in [1.165, 1.54) is 29.7 Å². The maximum absolute atomic E-state index is 13.1. The van der Waals surface area contributed by atoms with Crippen LogP contribution in [0, 0.1) is 0 Å². The van der Waals surface area contributed by atoms with Crippen LogP contribution in [0.2, 0.25) is 0 Å². The normalized spacial score (nSPS) is 16.1. The van der Waals surface area contributed by atoms with Crippen LogP contribution in [0.4, 0.5) is 0 Å². The van der Waals surface area contributed by atoms with E-state index >= 15 is 0 Å². The standard InChI is InChI=1S/C23H25N5O/c29-23(19-15-18-8-4-5-9-20(18)24-16-19)27-11-10-22-25-21(26-28(22)13-12-27)14-17-6-2-1-3-7-17/h1-3,6-7,15-16H,4-5,8-14H2. The molecule has 0 radical (unpaired) electrons. The van der Waals surface area contributed by atoms with Crippen LogP contribution in [0.1, 0.15) is 51.7 Å². The number of aromatic nitrogens is 4. The van der Waals surface area contributed by atoms with Gasteiger partial charge in [0.25, 0.3) is 5.91 Å². The highest BCUT2D eigenvalue weighted by atomic mass is 16.2. The van der Waals surface area contributed by atoms with Crippen LogP contribution in [-0.4, -0.2) is 43.6 Å². The van der Waals surface area contributed by atoms with E-state index in [9.17, 15) is 4.79 Å². The summed E-state index contributed by atoms with van der Waals surface area (Å²) in [5.74, 6) is 1.89. The molecule has 29 heavy (non-hydrogen) atoms. The second kappa shape index (κ2) is 7.78. The summed E-state index contributed by atoms with van der Waals surface area (Å²) in [6, 6.07) is 12.3. The Kier molecular flexibility index (Phi) is 4.84. The molecule has 0 bridgehead atoms. The van der Waals surface area contributed by atoms with Gasteiger partial charge in [-0.2, -0.15) is 5.10 Å². The first kappa shape index (κ1) is 18.0. The lowest BCUT2D eigenvalue weighted by molar-refractivity contribution is 0.0757. The van der Waals surface area contributed by atoms with Gasteiger partial charge in [-0.1, -0.05) is 30.3 Å². The lowest BCUT2D eigenvalue weighted by Crippen LogP contribution is -2.34. The van der Waals surface area contributed by atoms with Gasteiger partial charge in [0.15, 0.2) is 5.82 Å². The highest BCUT2D eigenvalue weighted by molar-refractivity contribution is 5.94. The molecule has 2 aromatic heterocycles. The smallest absolute Gasteiger partial charge is 0.255 e. The summed E-state index contributed by atoms with van der Waals surface area (Å²) in [6.07, 6.45) is 7.68. The Labute approximate surface area is 170 Å². The number of amides is 1. The number of hydrogen-bond acceptors (Lipinski definition) is 4. The second-order valence-electron chi connectivity index (χ2n) is 7.91. The molecule has 1 aliphatic carbocycles. The second-order valence-corrected chi connectivity index (χ2v) is 7.91. The third kappa shape index (κ3) is 3.79. The summed E-state index contributed by atoms with van der Waals surface area (Å²) >= 11 is 0. The van der Waals surface area contributed by atoms with E-state index in [0.29, 0.717) is 25.2 Å². The molecule has 148 valence electrons. The van der Waals surface area contributed by atoms with E-state index in [-0.39, 0.29) is 5.91 Å². The number of hydrogen-bond donors (Lipinski definition) is 0. The first-order valence-corrected chi connectivity index (χ1v) is 10.5. The number of rotatable bonds is 3. The molecule has 5 rings (SSSR count). The fraction of sp³-hybridized carbons (Fsp3) is 0.391. The number of nitrogens with zero attached hydrogens (tertiary/aromatic N) is 5. The van der Waals surface area contributed by atoms with Gasteiger partial charge >= 0.3 is 0 Å². The molecule has 3 aromatic rings. The molecule has 0 saturated carbocycles. The van der Waals surface area contributed by atoms with Crippen LogP contribution in [-0.2, 0) is 32.2 Å². The van der Waals surface area contributed by atoms with Crippen molar-refractivity contribution in [1.29, 1.82) is 0 Å². The van der Waals surface area contributed by atoms with E-state index in [0.717, 1.165) is 37.3 Å². The zero-order valence-corrected chi connectivity index (χ0v) is 16.5. The third-order valence-electron chi connectivity index (χ3n) is 5.89. The largest absolute Gasteiger partial charge is 0.336 e. The SMILES string of the molecule is O=C(c1cnc2c(c1)CCCC2)N1CCc2nc(Cc3ccccc3)nn2CC1. The zero-order valence-electron chi connectivity index (χ0n) is 16.5. The Balaban J connectivity index is 1.27. The zero-order chi connectivity index (χ0) is 19.6. The molecule has 0 fully saturated rings. The van der Waals surface area contributed by atoms with E-state index in [1.807, 2.05) is 27.8 Å². The van der Waals surface area contributed by atoms with Gasteiger partial charge in [0, 0.05) is 37.8 Å². The number of pyridine rings is 1. The van der Waals surface area contributed by atoms with Gasteiger partial charge in [0.2, 0.25) is 0 Å². The fourth-order valence-corrected chi connectivity index (χ4v) is 4.30. The van der Waals surface area contributed by atoms with Crippen molar-refractivity contribution in [3.8, 4) is 0 Å². The van der Waals surface area contributed by atoms with Gasteiger partial charge in [0.1, 0.15) is 5.82 Å². The number of benzene rings is 1. The van der Waals surface area contributed by atoms with Crippen molar-refractivity contribution in [1.82, 2.24) is 24.6 Å². The van der Waals surface area contributed by atoms with Crippen LogP contribution in [0.3, 0.4) is 0 Å². The lowest BCUT2D eigenvalue weighted by atomic mass is 9.95. The first-order valence-electron chi connectivity index (χ1n) is 10.5. The maximum Gasteiger partial charge on any atom is 0.255 e. The third-order valence-corrected chi connectivity index (χ3v) is 5.89. The van der Waals surface area contributed by atoms with Crippen LogP contribution in [0.25, 0.3) is 0 Å². The predicted octanol–water partition coefficient (Wildman–Crippen LogP) is 2.84. The van der Waals surface area contributed by atoms with Crippen LogP contribution in [0.5, 0.6) is 0 Å². The summed E-state index contributed by atoms with van der Waals surface area (Å²) in [6.45, 7) is 2.00. The minimum Gasteiger partial charge on any atom is -0.336 e. The van der Waals surface area contributed by atoms with Gasteiger partial charge in [0.05, 0.1) is 12.1 Å². The van der Waals surface area contributed by atoms with Crippen LogP contribution in [0.15, 0.2) is 42.6 Å². The van der Waals surface area contributed by atoms with Gasteiger partial charge < -0.3 is 4.90 Å². The van der Waals surface area contributed by atoms with Gasteiger partial charge in [-0.25, -0.2) is 9.67 Å². The monoisotopic (exact) mass is 387 g/mol. The molecular formula is C23H25N5O. The molecule has 1 amide bonds. The number of aryl methyl sites for hydroxylation is 2. The van der Waals surface area contributed by atoms with Gasteiger partial charge in [-0.15, -0.1) is 0 Å². The molecule has 0 unspecified atom stereocenters. The van der Waals surface area contributed by atoms with E-state index < -0.39 is 0 Å². The average Bonchev–Trinajstić information content (AvgIpc) is 3.04. The lowest BCUT2D eigenvalue weighted by Gasteiger charge is -2.21. The molecule has 0 spiro atoms.